The van der Waals surface area contributed by atoms with Crippen molar-refractivity contribution in [1.82, 2.24) is 9.97 Å². The van der Waals surface area contributed by atoms with Gasteiger partial charge in [-0.1, -0.05) is 12.1 Å². The summed E-state index contributed by atoms with van der Waals surface area (Å²) in [4.78, 5) is 29.9. The molecule has 0 saturated heterocycles. The summed E-state index contributed by atoms with van der Waals surface area (Å²) in [5, 5.41) is 2.95. The molecule has 0 bridgehead atoms. The first-order valence-corrected chi connectivity index (χ1v) is 7.01. The quantitative estimate of drug-likeness (QED) is 0.581. The van der Waals surface area contributed by atoms with Crippen LogP contribution in [0.5, 0.6) is 5.75 Å². The van der Waals surface area contributed by atoms with Crippen LogP contribution in [-0.2, 0) is 0 Å². The van der Waals surface area contributed by atoms with Gasteiger partial charge < -0.3 is 21.2 Å². The molecule has 0 saturated carbocycles. The summed E-state index contributed by atoms with van der Waals surface area (Å²) in [7, 11) is 1.58. The van der Waals surface area contributed by atoms with Crippen LogP contribution in [0, 0.1) is 0 Å². The number of amides is 3. The van der Waals surface area contributed by atoms with E-state index in [-0.39, 0.29) is 11.4 Å². The number of nitrogens with one attached hydrogen (secondary N) is 2. The van der Waals surface area contributed by atoms with Crippen LogP contribution in [0.3, 0.4) is 0 Å². The maximum absolute atomic E-state index is 11.7. The molecule has 0 radical (unpaired) electrons. The van der Waals surface area contributed by atoms with Gasteiger partial charge in [-0.15, -0.1) is 0 Å². The smallest absolute Gasteiger partial charge is 0.317 e. The molecule has 24 heavy (non-hydrogen) atoms. The molecule has 122 valence electrons. The number of nitrogens with zero attached hydrogens (tertiary/aromatic N) is 1. The van der Waals surface area contributed by atoms with E-state index in [1.807, 2.05) is 12.1 Å². The number of pyridine rings is 1. The molecule has 0 atom stereocenters. The van der Waals surface area contributed by atoms with Crippen LogP contribution >= 0.6 is 0 Å². The fourth-order valence-electron chi connectivity index (χ4n) is 2.61. The number of carbonyl (C=O) groups is 2. The van der Waals surface area contributed by atoms with Crippen molar-refractivity contribution in [3.63, 3.8) is 0 Å². The van der Waals surface area contributed by atoms with Crippen molar-refractivity contribution in [1.29, 1.82) is 0 Å². The van der Waals surface area contributed by atoms with E-state index in [4.69, 9.17) is 16.2 Å². The van der Waals surface area contributed by atoms with E-state index in [1.54, 1.807) is 31.6 Å². The zero-order chi connectivity index (χ0) is 17.3. The van der Waals surface area contributed by atoms with Crippen LogP contribution < -0.4 is 21.5 Å². The fourth-order valence-corrected chi connectivity index (χ4v) is 2.61. The number of aromatic nitrogens is 2. The number of hydrogen-bond acceptors (Lipinski definition) is 4. The molecule has 0 aliphatic heterocycles. The molecular weight excluding hydrogens is 310 g/mol. The summed E-state index contributed by atoms with van der Waals surface area (Å²) in [5.74, 6) is 0.165. The molecule has 8 nitrogen and oxygen atoms in total. The molecule has 3 aromatic rings. The molecule has 0 aliphatic carbocycles. The number of rotatable bonds is 4. The zero-order valence-corrected chi connectivity index (χ0v) is 12.8. The van der Waals surface area contributed by atoms with E-state index >= 15 is 0 Å². The van der Waals surface area contributed by atoms with Gasteiger partial charge in [0.1, 0.15) is 11.6 Å². The first kappa shape index (κ1) is 15.3. The third kappa shape index (κ3) is 2.60. The first-order chi connectivity index (χ1) is 11.5. The Balaban J connectivity index is 2.18. The first-order valence-electron chi connectivity index (χ1n) is 7.01. The maximum atomic E-state index is 11.7. The van der Waals surface area contributed by atoms with Gasteiger partial charge >= 0.3 is 6.03 Å². The van der Waals surface area contributed by atoms with Gasteiger partial charge in [-0.25, -0.2) is 4.79 Å². The third-order valence-electron chi connectivity index (χ3n) is 3.61. The Bertz CT molecular complexity index is 948. The minimum Gasteiger partial charge on any atom is -0.496 e. The van der Waals surface area contributed by atoms with Gasteiger partial charge in [-0.05, 0) is 17.7 Å². The van der Waals surface area contributed by atoms with Crippen molar-refractivity contribution < 1.29 is 14.3 Å². The second-order valence-corrected chi connectivity index (χ2v) is 5.06. The van der Waals surface area contributed by atoms with E-state index in [0.29, 0.717) is 16.7 Å². The van der Waals surface area contributed by atoms with Crippen LogP contribution in [0.1, 0.15) is 10.4 Å². The molecule has 1 aromatic carbocycles. The number of nitrogens with two attached hydrogens (primary N) is 2. The van der Waals surface area contributed by atoms with Gasteiger partial charge in [0.25, 0.3) is 5.91 Å². The number of ether oxygens (including phenoxy) is 1. The number of aromatic amines is 1. The average molecular weight is 325 g/mol. The number of urea groups is 1. The Labute approximate surface area is 136 Å². The highest BCUT2D eigenvalue weighted by Crippen LogP contribution is 2.33. The van der Waals surface area contributed by atoms with Gasteiger partial charge in [0.2, 0.25) is 0 Å². The molecule has 8 heteroatoms. The Kier molecular flexibility index (Phi) is 3.78. The summed E-state index contributed by atoms with van der Waals surface area (Å²) in [5.41, 5.74) is 13.0. The van der Waals surface area contributed by atoms with Crippen LogP contribution in [0.2, 0.25) is 0 Å². The highest BCUT2D eigenvalue weighted by molar-refractivity contribution is 6.13. The summed E-state index contributed by atoms with van der Waals surface area (Å²) < 4.78 is 5.33. The molecule has 2 aromatic heterocycles. The predicted molar refractivity (Wildman–Crippen MR) is 89.8 cm³/mol. The van der Waals surface area contributed by atoms with Gasteiger partial charge in [-0.3, -0.25) is 15.1 Å². The van der Waals surface area contributed by atoms with Crippen molar-refractivity contribution in [3.8, 4) is 16.9 Å². The highest BCUT2D eigenvalue weighted by atomic mass is 16.5. The minimum absolute atomic E-state index is 0.167. The van der Waals surface area contributed by atoms with Gasteiger partial charge in [0, 0.05) is 28.9 Å². The highest BCUT2D eigenvalue weighted by Gasteiger charge is 2.18. The van der Waals surface area contributed by atoms with Crippen LogP contribution in [0.4, 0.5) is 10.6 Å². The third-order valence-corrected chi connectivity index (χ3v) is 3.61. The van der Waals surface area contributed by atoms with Gasteiger partial charge in [-0.2, -0.15) is 0 Å². The molecule has 2 heterocycles. The molecule has 0 aliphatic rings. The predicted octanol–water partition coefficient (Wildman–Crippen LogP) is 1.83. The van der Waals surface area contributed by atoms with Crippen LogP contribution in [0.15, 0.2) is 36.7 Å². The Morgan fingerprint density at radius 3 is 2.71 bits per heavy atom. The van der Waals surface area contributed by atoms with Crippen molar-refractivity contribution >= 4 is 28.7 Å². The summed E-state index contributed by atoms with van der Waals surface area (Å²) >= 11 is 0. The van der Waals surface area contributed by atoms with Gasteiger partial charge in [0.05, 0.1) is 12.7 Å². The van der Waals surface area contributed by atoms with E-state index in [2.05, 4.69) is 15.3 Å². The number of hydrogen-bond donors (Lipinski definition) is 4. The molecule has 3 amide bonds. The Hall–Kier alpha value is -3.55. The van der Waals surface area contributed by atoms with Crippen LogP contribution in [-0.4, -0.2) is 29.0 Å². The van der Waals surface area contributed by atoms with Crippen molar-refractivity contribution in [2.45, 2.75) is 0 Å². The lowest BCUT2D eigenvalue weighted by Crippen LogP contribution is -2.22. The SMILES string of the molecule is COc1ccncc1-c1ccc2c(C(N)=O)c(NC(N)=O)[nH]c2c1. The molecular formula is C16H15N5O3. The molecule has 3 rings (SSSR count). The summed E-state index contributed by atoms with van der Waals surface area (Å²) in [6.45, 7) is 0. The number of methoxy groups -OCH3 is 1. The molecule has 0 unspecified atom stereocenters. The monoisotopic (exact) mass is 325 g/mol. The normalized spacial score (nSPS) is 10.5. The Morgan fingerprint density at radius 1 is 1.25 bits per heavy atom. The van der Waals surface area contributed by atoms with Crippen LogP contribution in [0.25, 0.3) is 22.0 Å². The second kappa shape index (κ2) is 5.92. The average Bonchev–Trinajstić information content (AvgIpc) is 2.90. The van der Waals surface area contributed by atoms with Crippen molar-refractivity contribution in [3.05, 3.63) is 42.2 Å². The standard InChI is InChI=1S/C16H15N5O3/c1-24-12-4-5-19-7-10(12)8-2-3-9-11(6-8)20-15(21-16(18)23)13(9)14(17)22/h2-7,20H,1H3,(H2,17,22)(H3,18,21,23). The number of benzene rings is 1. The molecule has 0 spiro atoms. The number of fused-ring (bicyclic) bond motifs is 1. The molecule has 6 N–H and O–H groups in total. The van der Waals surface area contributed by atoms with E-state index < -0.39 is 11.9 Å². The largest absolute Gasteiger partial charge is 0.496 e. The summed E-state index contributed by atoms with van der Waals surface area (Å²) in [6, 6.07) is 6.32. The zero-order valence-electron chi connectivity index (χ0n) is 12.8. The number of H-pyrrole nitrogens is 1. The van der Waals surface area contributed by atoms with E-state index in [9.17, 15) is 9.59 Å². The maximum Gasteiger partial charge on any atom is 0.317 e. The lowest BCUT2D eigenvalue weighted by Gasteiger charge is -2.07. The van der Waals surface area contributed by atoms with E-state index in [0.717, 1.165) is 11.1 Å². The lowest BCUT2D eigenvalue weighted by atomic mass is 10.0. The van der Waals surface area contributed by atoms with E-state index in [1.165, 1.54) is 0 Å². The Morgan fingerprint density at radius 2 is 2.04 bits per heavy atom. The topological polar surface area (TPSA) is 136 Å². The molecule has 0 fully saturated rings. The lowest BCUT2D eigenvalue weighted by molar-refractivity contribution is 0.100. The van der Waals surface area contributed by atoms with Gasteiger partial charge in [0.15, 0.2) is 0 Å². The fraction of sp³-hybridized carbons (Fsp3) is 0.0625. The number of carbonyl (C=O) groups excluding carboxylic acids is 2. The number of primary amides is 2. The minimum atomic E-state index is -0.793. The van der Waals surface area contributed by atoms with Crippen molar-refractivity contribution in [2.24, 2.45) is 11.5 Å². The second-order valence-electron chi connectivity index (χ2n) is 5.06. The van der Waals surface area contributed by atoms with Crippen molar-refractivity contribution in [2.75, 3.05) is 12.4 Å². The number of anilines is 1. The summed E-state index contributed by atoms with van der Waals surface area (Å²) in [6.07, 6.45) is 3.32.